The Balaban J connectivity index is 2.09. The van der Waals surface area contributed by atoms with Crippen molar-refractivity contribution in [2.24, 2.45) is 0 Å². The van der Waals surface area contributed by atoms with Crippen molar-refractivity contribution in [1.82, 2.24) is 14.9 Å². The van der Waals surface area contributed by atoms with Crippen LogP contribution in [0.3, 0.4) is 0 Å². The van der Waals surface area contributed by atoms with Crippen LogP contribution >= 0.6 is 27.7 Å². The van der Waals surface area contributed by atoms with E-state index < -0.39 is 0 Å². The number of benzene rings is 1. The zero-order valence-electron chi connectivity index (χ0n) is 17.2. The van der Waals surface area contributed by atoms with E-state index >= 15 is 0 Å². The molecule has 1 heterocycles. The average Bonchev–Trinajstić information content (AvgIpc) is 2.71. The van der Waals surface area contributed by atoms with Crippen molar-refractivity contribution in [3.8, 4) is 0 Å². The maximum atomic E-state index is 13.0. The van der Waals surface area contributed by atoms with Gasteiger partial charge in [0.15, 0.2) is 5.16 Å². The second kappa shape index (κ2) is 13.0. The van der Waals surface area contributed by atoms with Gasteiger partial charge in [-0.2, -0.15) is 0 Å². The molecule has 1 aromatic heterocycles. The molecule has 1 N–H and O–H groups in total. The van der Waals surface area contributed by atoms with Crippen LogP contribution in [0.5, 0.6) is 0 Å². The monoisotopic (exact) mass is 483 g/mol. The van der Waals surface area contributed by atoms with Gasteiger partial charge < -0.3 is 10.1 Å². The van der Waals surface area contributed by atoms with Gasteiger partial charge in [-0.05, 0) is 38.0 Å². The number of halogens is 1. The minimum atomic E-state index is -0.0877. The van der Waals surface area contributed by atoms with Gasteiger partial charge in [-0.1, -0.05) is 53.9 Å². The highest BCUT2D eigenvalue weighted by molar-refractivity contribution is 9.10. The number of ether oxygens (including phenoxy) is 1. The van der Waals surface area contributed by atoms with Gasteiger partial charge in [0.25, 0.3) is 5.56 Å². The first kappa shape index (κ1) is 23.9. The fourth-order valence-electron chi connectivity index (χ4n) is 2.91. The number of amides is 1. The Labute approximate surface area is 184 Å². The number of carbonyl (C=O) groups excluding carboxylic acids is 1. The van der Waals surface area contributed by atoms with Crippen molar-refractivity contribution < 1.29 is 9.53 Å². The summed E-state index contributed by atoms with van der Waals surface area (Å²) in [6, 6.07) is 5.48. The number of nitrogens with zero attached hydrogens (tertiary/aromatic N) is 2. The first-order valence-electron chi connectivity index (χ1n) is 10.2. The minimum Gasteiger partial charge on any atom is -0.382 e. The molecule has 0 aliphatic rings. The zero-order chi connectivity index (χ0) is 21.1. The Bertz CT molecular complexity index is 857. The molecule has 1 aromatic carbocycles. The summed E-state index contributed by atoms with van der Waals surface area (Å²) in [7, 11) is 0. The van der Waals surface area contributed by atoms with Crippen molar-refractivity contribution in [3.05, 3.63) is 33.0 Å². The number of hydrogen-bond donors (Lipinski definition) is 1. The van der Waals surface area contributed by atoms with Crippen LogP contribution in [0.15, 0.2) is 32.6 Å². The Morgan fingerprint density at radius 3 is 2.83 bits per heavy atom. The Morgan fingerprint density at radius 1 is 1.24 bits per heavy atom. The molecule has 2 rings (SSSR count). The van der Waals surface area contributed by atoms with E-state index in [1.54, 1.807) is 10.6 Å². The second-order valence-corrected chi connectivity index (χ2v) is 8.62. The predicted octanol–water partition coefficient (Wildman–Crippen LogP) is 4.37. The minimum absolute atomic E-state index is 0.0301. The van der Waals surface area contributed by atoms with Crippen LogP contribution in [0.4, 0.5) is 0 Å². The van der Waals surface area contributed by atoms with Crippen LogP contribution in [-0.2, 0) is 16.1 Å². The van der Waals surface area contributed by atoms with E-state index in [2.05, 4.69) is 33.2 Å². The molecule has 0 spiro atoms. The first-order chi connectivity index (χ1) is 14.1. The number of fused-ring (bicyclic) bond motifs is 1. The molecule has 0 fully saturated rings. The van der Waals surface area contributed by atoms with E-state index in [1.807, 2.05) is 19.1 Å². The number of aromatic nitrogens is 2. The lowest BCUT2D eigenvalue weighted by molar-refractivity contribution is -0.118. The van der Waals surface area contributed by atoms with Crippen molar-refractivity contribution in [1.29, 1.82) is 0 Å². The van der Waals surface area contributed by atoms with Crippen LogP contribution in [0.25, 0.3) is 10.9 Å². The Hall–Kier alpha value is -1.38. The molecule has 0 bridgehead atoms. The third-order valence-electron chi connectivity index (χ3n) is 4.44. The van der Waals surface area contributed by atoms with Gasteiger partial charge in [0.05, 0.1) is 16.7 Å². The van der Waals surface area contributed by atoms with Crippen LogP contribution in [-0.4, -0.2) is 41.0 Å². The summed E-state index contributed by atoms with van der Waals surface area (Å²) in [5.41, 5.74) is 0.553. The summed E-state index contributed by atoms with van der Waals surface area (Å²) in [6.45, 7) is 6.55. The van der Waals surface area contributed by atoms with E-state index in [-0.39, 0.29) is 17.2 Å². The highest BCUT2D eigenvalue weighted by Crippen LogP contribution is 2.20. The molecule has 8 heteroatoms. The number of unbranched alkanes of at least 4 members (excludes halogenated alkanes) is 3. The smallest absolute Gasteiger partial charge is 0.262 e. The lowest BCUT2D eigenvalue weighted by atomic mass is 10.2. The maximum absolute atomic E-state index is 13.0. The van der Waals surface area contributed by atoms with Crippen molar-refractivity contribution >= 4 is 44.5 Å². The average molecular weight is 484 g/mol. The van der Waals surface area contributed by atoms with Gasteiger partial charge in [0.2, 0.25) is 5.91 Å². The molecule has 0 atom stereocenters. The Morgan fingerprint density at radius 2 is 2.07 bits per heavy atom. The van der Waals surface area contributed by atoms with Gasteiger partial charge in [-0.15, -0.1) is 0 Å². The molecule has 0 radical (unpaired) electrons. The molecule has 0 unspecified atom stereocenters. The largest absolute Gasteiger partial charge is 0.382 e. The number of carbonyl (C=O) groups is 1. The number of nitrogens with one attached hydrogen (secondary N) is 1. The molecular formula is C21H30BrN3O3S. The third-order valence-corrected chi connectivity index (χ3v) is 5.91. The molecule has 0 aliphatic carbocycles. The number of hydrogen-bond acceptors (Lipinski definition) is 5. The van der Waals surface area contributed by atoms with Crippen LogP contribution in [0, 0.1) is 0 Å². The molecule has 6 nitrogen and oxygen atoms in total. The molecule has 29 heavy (non-hydrogen) atoms. The predicted molar refractivity (Wildman–Crippen MR) is 123 cm³/mol. The maximum Gasteiger partial charge on any atom is 0.262 e. The van der Waals surface area contributed by atoms with Crippen molar-refractivity contribution in [2.45, 2.75) is 57.7 Å². The molecule has 2 aromatic rings. The summed E-state index contributed by atoms with van der Waals surface area (Å²) in [5, 5.41) is 4.09. The fraction of sp³-hybridized carbons (Fsp3) is 0.571. The molecule has 0 saturated carbocycles. The highest BCUT2D eigenvalue weighted by atomic mass is 79.9. The fourth-order valence-corrected chi connectivity index (χ4v) is 4.13. The first-order valence-corrected chi connectivity index (χ1v) is 12.0. The van der Waals surface area contributed by atoms with E-state index in [0.29, 0.717) is 48.8 Å². The molecule has 1 amide bonds. The Kier molecular flexibility index (Phi) is 10.7. The number of rotatable bonds is 13. The summed E-state index contributed by atoms with van der Waals surface area (Å²) >= 11 is 4.73. The standard InChI is InChI=1S/C21H30BrN3O3S/c1-3-5-6-7-11-23-19(26)15-29-21-24-18-10-9-16(22)14-17(18)20(27)25(21)12-8-13-28-4-2/h9-10,14H,3-8,11-13,15H2,1-2H3,(H,23,26). The third kappa shape index (κ3) is 7.75. The molecule has 0 saturated heterocycles. The van der Waals surface area contributed by atoms with Crippen molar-refractivity contribution in [3.63, 3.8) is 0 Å². The lowest BCUT2D eigenvalue weighted by Gasteiger charge is -2.13. The van der Waals surface area contributed by atoms with Crippen LogP contribution < -0.4 is 10.9 Å². The van der Waals surface area contributed by atoms with Crippen LogP contribution in [0.1, 0.15) is 46.0 Å². The highest BCUT2D eigenvalue weighted by Gasteiger charge is 2.13. The van der Waals surface area contributed by atoms with Gasteiger partial charge in [0, 0.05) is 30.8 Å². The summed E-state index contributed by atoms with van der Waals surface area (Å²) in [5.74, 6) is 0.214. The van der Waals surface area contributed by atoms with E-state index in [9.17, 15) is 9.59 Å². The number of thioether (sulfide) groups is 1. The van der Waals surface area contributed by atoms with Gasteiger partial charge in [-0.3, -0.25) is 14.2 Å². The lowest BCUT2D eigenvalue weighted by Crippen LogP contribution is -2.28. The van der Waals surface area contributed by atoms with Gasteiger partial charge in [-0.25, -0.2) is 4.98 Å². The van der Waals surface area contributed by atoms with Gasteiger partial charge >= 0.3 is 0 Å². The summed E-state index contributed by atoms with van der Waals surface area (Å²) in [4.78, 5) is 29.9. The van der Waals surface area contributed by atoms with E-state index in [4.69, 9.17) is 4.74 Å². The van der Waals surface area contributed by atoms with E-state index in [0.717, 1.165) is 17.3 Å². The van der Waals surface area contributed by atoms with Gasteiger partial charge in [0.1, 0.15) is 0 Å². The second-order valence-electron chi connectivity index (χ2n) is 6.76. The normalized spacial score (nSPS) is 11.1. The topological polar surface area (TPSA) is 73.2 Å². The molecule has 160 valence electrons. The molecule has 0 aliphatic heterocycles. The van der Waals surface area contributed by atoms with Crippen molar-refractivity contribution in [2.75, 3.05) is 25.5 Å². The SMILES string of the molecule is CCCCCCNC(=O)CSc1nc2ccc(Br)cc2c(=O)n1CCCOCC. The van der Waals surface area contributed by atoms with E-state index in [1.165, 1.54) is 24.6 Å². The summed E-state index contributed by atoms with van der Waals surface area (Å²) in [6.07, 6.45) is 5.21. The summed E-state index contributed by atoms with van der Waals surface area (Å²) < 4.78 is 7.90. The zero-order valence-corrected chi connectivity index (χ0v) is 19.6. The molecular weight excluding hydrogens is 454 g/mol. The van der Waals surface area contributed by atoms with Crippen LogP contribution in [0.2, 0.25) is 0 Å². The quantitative estimate of drug-likeness (QED) is 0.260.